The van der Waals surface area contributed by atoms with E-state index >= 15 is 0 Å². The monoisotopic (exact) mass is 426 g/mol. The summed E-state index contributed by atoms with van der Waals surface area (Å²) in [6, 6.07) is 10.5. The van der Waals surface area contributed by atoms with Gasteiger partial charge in [0, 0.05) is 37.5 Å². The lowest BCUT2D eigenvalue weighted by Crippen LogP contribution is -2.48. The van der Waals surface area contributed by atoms with Crippen LogP contribution in [-0.2, 0) is 16.1 Å². The molecule has 2 aromatic rings. The first-order chi connectivity index (χ1) is 14.6. The lowest BCUT2D eigenvalue weighted by molar-refractivity contribution is -0.140. The third-order valence-corrected chi connectivity index (χ3v) is 7.01. The number of carbonyl (C=O) groups is 2. The predicted molar refractivity (Wildman–Crippen MR) is 119 cm³/mol. The Morgan fingerprint density at radius 3 is 2.57 bits per heavy atom. The fourth-order valence-corrected chi connectivity index (χ4v) is 5.17. The molecule has 30 heavy (non-hydrogen) atoms. The van der Waals surface area contributed by atoms with Gasteiger partial charge in [-0.25, -0.2) is 4.98 Å². The number of anilines is 1. The number of thiazole rings is 1. The van der Waals surface area contributed by atoms with Crippen LogP contribution in [-0.4, -0.2) is 52.8 Å². The minimum Gasteiger partial charge on any atom is -0.342 e. The molecular formula is C23H30N4O2S. The number of likely N-dealkylation sites (tertiary alicyclic amines) is 2. The summed E-state index contributed by atoms with van der Waals surface area (Å²) in [6.07, 6.45) is 3.48. The van der Waals surface area contributed by atoms with Gasteiger partial charge in [0.2, 0.25) is 11.8 Å². The molecule has 1 aromatic carbocycles. The van der Waals surface area contributed by atoms with E-state index in [1.807, 2.05) is 23.3 Å². The standard InChI is InChI=1S/C23H30N4O2S/c1-17-16-30-23(24-17)25-21(28)19-9-12-27(13-10-19)22(29)20-8-5-11-26(15-20)14-18-6-3-2-4-7-18/h2-4,6-7,16,19-20H,5,8-15H2,1H3,(H,24,25,28). The first-order valence-electron chi connectivity index (χ1n) is 10.9. The van der Waals surface area contributed by atoms with Gasteiger partial charge in [0.25, 0.3) is 0 Å². The summed E-state index contributed by atoms with van der Waals surface area (Å²) < 4.78 is 0. The van der Waals surface area contributed by atoms with Crippen molar-refractivity contribution in [2.75, 3.05) is 31.5 Å². The number of nitrogens with zero attached hydrogens (tertiary/aromatic N) is 3. The van der Waals surface area contributed by atoms with Gasteiger partial charge in [-0.2, -0.15) is 0 Å². The molecule has 0 saturated carbocycles. The zero-order chi connectivity index (χ0) is 20.9. The minimum atomic E-state index is -0.0424. The van der Waals surface area contributed by atoms with E-state index in [2.05, 4.69) is 39.5 Å². The van der Waals surface area contributed by atoms with Crippen LogP contribution < -0.4 is 5.32 Å². The number of aromatic nitrogens is 1. The predicted octanol–water partition coefficient (Wildman–Crippen LogP) is 3.54. The summed E-state index contributed by atoms with van der Waals surface area (Å²) in [4.78, 5) is 34.3. The Morgan fingerprint density at radius 2 is 1.87 bits per heavy atom. The number of piperidine rings is 2. The van der Waals surface area contributed by atoms with E-state index in [9.17, 15) is 9.59 Å². The number of amides is 2. The molecule has 2 fully saturated rings. The van der Waals surface area contributed by atoms with Crippen molar-refractivity contribution in [1.82, 2.24) is 14.8 Å². The van der Waals surface area contributed by atoms with Crippen molar-refractivity contribution in [3.63, 3.8) is 0 Å². The molecule has 6 nitrogen and oxygen atoms in total. The fourth-order valence-electron chi connectivity index (χ4n) is 4.48. The highest BCUT2D eigenvalue weighted by Gasteiger charge is 2.33. The Morgan fingerprint density at radius 1 is 1.10 bits per heavy atom. The Labute approximate surface area is 182 Å². The SMILES string of the molecule is Cc1csc(NC(=O)C2CCN(C(=O)C3CCCN(Cc4ccccc4)C3)CC2)n1. The van der Waals surface area contributed by atoms with E-state index in [4.69, 9.17) is 0 Å². The highest BCUT2D eigenvalue weighted by molar-refractivity contribution is 7.13. The maximum Gasteiger partial charge on any atom is 0.229 e. The number of carbonyl (C=O) groups excluding carboxylic acids is 2. The maximum atomic E-state index is 13.1. The van der Waals surface area contributed by atoms with Crippen LogP contribution in [0, 0.1) is 18.8 Å². The number of hydrogen-bond acceptors (Lipinski definition) is 5. The number of benzene rings is 1. The van der Waals surface area contributed by atoms with Crippen molar-refractivity contribution in [1.29, 1.82) is 0 Å². The molecule has 2 amide bonds. The molecule has 3 heterocycles. The van der Waals surface area contributed by atoms with Crippen molar-refractivity contribution >= 4 is 28.3 Å². The van der Waals surface area contributed by atoms with E-state index in [1.165, 1.54) is 16.9 Å². The second-order valence-electron chi connectivity index (χ2n) is 8.44. The summed E-state index contributed by atoms with van der Waals surface area (Å²) in [7, 11) is 0. The van der Waals surface area contributed by atoms with Crippen molar-refractivity contribution in [2.45, 2.75) is 39.2 Å². The largest absolute Gasteiger partial charge is 0.342 e. The molecule has 2 aliphatic heterocycles. The summed E-state index contributed by atoms with van der Waals surface area (Å²) >= 11 is 1.45. The average Bonchev–Trinajstić information content (AvgIpc) is 3.18. The lowest BCUT2D eigenvalue weighted by atomic mass is 9.92. The second kappa shape index (κ2) is 9.71. The molecule has 2 saturated heterocycles. The summed E-state index contributed by atoms with van der Waals surface area (Å²) in [5, 5.41) is 5.52. The Balaban J connectivity index is 1.25. The van der Waals surface area contributed by atoms with Gasteiger partial charge in [-0.1, -0.05) is 30.3 Å². The topological polar surface area (TPSA) is 65.5 Å². The molecule has 7 heteroatoms. The third kappa shape index (κ3) is 5.26. The molecule has 0 radical (unpaired) electrons. The molecule has 1 N–H and O–H groups in total. The second-order valence-corrected chi connectivity index (χ2v) is 9.30. The Hall–Kier alpha value is -2.25. The number of nitrogens with one attached hydrogen (secondary N) is 1. The Bertz CT molecular complexity index is 861. The highest BCUT2D eigenvalue weighted by atomic mass is 32.1. The molecule has 1 atom stereocenters. The maximum absolute atomic E-state index is 13.1. The molecule has 0 aliphatic carbocycles. The lowest BCUT2D eigenvalue weighted by Gasteiger charge is -2.37. The quantitative estimate of drug-likeness (QED) is 0.794. The van der Waals surface area contributed by atoms with Crippen LogP contribution in [0.15, 0.2) is 35.7 Å². The summed E-state index contributed by atoms with van der Waals surface area (Å²) in [5.74, 6) is 0.329. The van der Waals surface area contributed by atoms with Gasteiger partial charge in [-0.3, -0.25) is 14.5 Å². The van der Waals surface area contributed by atoms with Crippen LogP contribution in [0.5, 0.6) is 0 Å². The summed E-state index contributed by atoms with van der Waals surface area (Å²) in [6.45, 7) is 6.05. The molecule has 1 unspecified atom stereocenters. The first-order valence-corrected chi connectivity index (χ1v) is 11.7. The van der Waals surface area contributed by atoms with E-state index in [1.54, 1.807) is 0 Å². The Kier molecular flexibility index (Phi) is 6.79. The van der Waals surface area contributed by atoms with Crippen LogP contribution >= 0.6 is 11.3 Å². The average molecular weight is 427 g/mol. The molecule has 160 valence electrons. The van der Waals surface area contributed by atoms with Gasteiger partial charge >= 0.3 is 0 Å². The molecule has 1 aromatic heterocycles. The zero-order valence-corrected chi connectivity index (χ0v) is 18.4. The molecular weight excluding hydrogens is 396 g/mol. The van der Waals surface area contributed by atoms with Crippen LogP contribution in [0.25, 0.3) is 0 Å². The fraction of sp³-hybridized carbons (Fsp3) is 0.522. The third-order valence-electron chi connectivity index (χ3n) is 6.13. The number of hydrogen-bond donors (Lipinski definition) is 1. The minimum absolute atomic E-state index is 0.0307. The van der Waals surface area contributed by atoms with Crippen LogP contribution in [0.4, 0.5) is 5.13 Å². The molecule has 4 rings (SSSR count). The van der Waals surface area contributed by atoms with Crippen LogP contribution in [0.2, 0.25) is 0 Å². The van der Waals surface area contributed by atoms with Gasteiger partial charge < -0.3 is 10.2 Å². The zero-order valence-electron chi connectivity index (χ0n) is 17.5. The molecule has 0 bridgehead atoms. The molecule has 2 aliphatic rings. The van der Waals surface area contributed by atoms with Gasteiger partial charge in [0.1, 0.15) is 0 Å². The number of rotatable bonds is 5. The van der Waals surface area contributed by atoms with Crippen molar-refractivity contribution in [2.24, 2.45) is 11.8 Å². The normalized spacial score (nSPS) is 20.8. The van der Waals surface area contributed by atoms with Crippen molar-refractivity contribution < 1.29 is 9.59 Å². The highest BCUT2D eigenvalue weighted by Crippen LogP contribution is 2.25. The molecule has 0 spiro atoms. The van der Waals surface area contributed by atoms with Gasteiger partial charge in [-0.05, 0) is 44.7 Å². The van der Waals surface area contributed by atoms with E-state index in [0.717, 1.165) is 51.0 Å². The van der Waals surface area contributed by atoms with E-state index in [-0.39, 0.29) is 23.7 Å². The van der Waals surface area contributed by atoms with Crippen molar-refractivity contribution in [3.8, 4) is 0 Å². The summed E-state index contributed by atoms with van der Waals surface area (Å²) in [5.41, 5.74) is 2.22. The van der Waals surface area contributed by atoms with Gasteiger partial charge in [0.05, 0.1) is 11.6 Å². The van der Waals surface area contributed by atoms with Gasteiger partial charge in [0.15, 0.2) is 5.13 Å². The van der Waals surface area contributed by atoms with Crippen LogP contribution in [0.3, 0.4) is 0 Å². The van der Waals surface area contributed by atoms with E-state index < -0.39 is 0 Å². The van der Waals surface area contributed by atoms with Crippen LogP contribution in [0.1, 0.15) is 36.9 Å². The van der Waals surface area contributed by atoms with Crippen molar-refractivity contribution in [3.05, 3.63) is 47.0 Å². The number of aryl methyl sites for hydroxylation is 1. The van der Waals surface area contributed by atoms with Gasteiger partial charge in [-0.15, -0.1) is 11.3 Å². The first kappa shape index (κ1) is 21.0. The smallest absolute Gasteiger partial charge is 0.229 e. The van der Waals surface area contributed by atoms with E-state index in [0.29, 0.717) is 18.2 Å².